The summed E-state index contributed by atoms with van der Waals surface area (Å²) in [4.78, 5) is 12.1. The molecule has 0 aliphatic rings. The van der Waals surface area contributed by atoms with E-state index in [1.54, 1.807) is 36.4 Å². The maximum Gasteiger partial charge on any atom is 0.255 e. The molecule has 1 N–H and O–H groups in total. The van der Waals surface area contributed by atoms with E-state index in [9.17, 15) is 4.79 Å². The van der Waals surface area contributed by atoms with Crippen LogP contribution in [0.2, 0.25) is 15.1 Å². The molecule has 0 spiro atoms. The quantitative estimate of drug-likeness (QED) is 0.810. The molecular weight excluding hydrogens is 305 g/mol. The molecule has 0 fully saturated rings. The maximum absolute atomic E-state index is 12.1. The van der Waals surface area contributed by atoms with E-state index in [1.165, 1.54) is 0 Å². The Hall–Kier alpha value is -1.22. The highest BCUT2D eigenvalue weighted by Crippen LogP contribution is 2.22. The van der Waals surface area contributed by atoms with Crippen molar-refractivity contribution in [1.29, 1.82) is 0 Å². The Morgan fingerprint density at radius 1 is 0.947 bits per heavy atom. The van der Waals surface area contributed by atoms with Crippen molar-refractivity contribution in [1.82, 2.24) is 0 Å². The maximum atomic E-state index is 12.1. The van der Waals surface area contributed by atoms with Gasteiger partial charge in [0.05, 0.1) is 0 Å². The first-order valence-electron chi connectivity index (χ1n) is 5.49. The van der Waals surface area contributed by atoms with Crippen molar-refractivity contribution in [3.8, 4) is 0 Å². The number of hydrogen-bond acceptors (Lipinski definition) is 1. The summed E-state index contributed by atoms with van der Waals surface area (Å²) in [5.74, 6) is -0.269. The van der Waals surface area contributed by atoms with E-state index in [4.69, 9.17) is 34.8 Å². The molecule has 0 heterocycles. The highest BCUT2D eigenvalue weighted by atomic mass is 35.5. The highest BCUT2D eigenvalue weighted by Gasteiger charge is 2.09. The highest BCUT2D eigenvalue weighted by molar-refractivity contribution is 6.35. The van der Waals surface area contributed by atoms with Gasteiger partial charge in [-0.15, -0.1) is 0 Å². The SMILES string of the molecule is Cc1cc(Cl)ccc1NC(=O)c1cc(Cl)cc(Cl)c1. The second-order valence-electron chi connectivity index (χ2n) is 4.07. The number of benzene rings is 2. The fourth-order valence-corrected chi connectivity index (χ4v) is 2.40. The minimum Gasteiger partial charge on any atom is -0.322 e. The smallest absolute Gasteiger partial charge is 0.255 e. The largest absolute Gasteiger partial charge is 0.322 e. The van der Waals surface area contributed by atoms with Crippen molar-refractivity contribution >= 4 is 46.4 Å². The van der Waals surface area contributed by atoms with Crippen molar-refractivity contribution < 1.29 is 4.79 Å². The van der Waals surface area contributed by atoms with Gasteiger partial charge in [-0.3, -0.25) is 4.79 Å². The van der Waals surface area contributed by atoms with Gasteiger partial charge < -0.3 is 5.32 Å². The number of amides is 1. The lowest BCUT2D eigenvalue weighted by Gasteiger charge is -2.09. The fraction of sp³-hybridized carbons (Fsp3) is 0.0714. The van der Waals surface area contributed by atoms with E-state index >= 15 is 0 Å². The van der Waals surface area contributed by atoms with E-state index in [-0.39, 0.29) is 5.91 Å². The van der Waals surface area contributed by atoms with Crippen molar-refractivity contribution in [2.45, 2.75) is 6.92 Å². The fourth-order valence-electron chi connectivity index (χ4n) is 1.65. The van der Waals surface area contributed by atoms with E-state index in [2.05, 4.69) is 5.32 Å². The number of hydrogen-bond donors (Lipinski definition) is 1. The first-order chi connectivity index (χ1) is 8.95. The van der Waals surface area contributed by atoms with Gasteiger partial charge in [-0.25, -0.2) is 0 Å². The molecule has 0 aliphatic carbocycles. The lowest BCUT2D eigenvalue weighted by atomic mass is 10.1. The van der Waals surface area contributed by atoms with Gasteiger partial charge >= 0.3 is 0 Å². The number of halogens is 3. The normalized spacial score (nSPS) is 10.3. The van der Waals surface area contributed by atoms with Gasteiger partial charge in [0.25, 0.3) is 5.91 Å². The molecule has 2 nitrogen and oxygen atoms in total. The molecule has 0 saturated carbocycles. The number of anilines is 1. The Bertz CT molecular complexity index is 620. The number of rotatable bonds is 2. The summed E-state index contributed by atoms with van der Waals surface area (Å²) in [6.07, 6.45) is 0. The van der Waals surface area contributed by atoms with Gasteiger partial charge in [0, 0.05) is 26.3 Å². The monoisotopic (exact) mass is 313 g/mol. The zero-order valence-electron chi connectivity index (χ0n) is 10.0. The second kappa shape index (κ2) is 5.83. The molecule has 1 amide bonds. The number of nitrogens with one attached hydrogen (secondary N) is 1. The minimum atomic E-state index is -0.269. The average Bonchev–Trinajstić information content (AvgIpc) is 2.31. The van der Waals surface area contributed by atoms with Crippen LogP contribution in [0.25, 0.3) is 0 Å². The van der Waals surface area contributed by atoms with Gasteiger partial charge in [0.15, 0.2) is 0 Å². The van der Waals surface area contributed by atoms with Crippen LogP contribution in [-0.2, 0) is 0 Å². The summed E-state index contributed by atoms with van der Waals surface area (Å²) in [5.41, 5.74) is 1.99. The van der Waals surface area contributed by atoms with Crippen LogP contribution in [0.15, 0.2) is 36.4 Å². The standard InChI is InChI=1S/C14H10Cl3NO/c1-8-4-10(15)2-3-13(8)18-14(19)9-5-11(16)7-12(17)6-9/h2-7H,1H3,(H,18,19). The molecular formula is C14H10Cl3NO. The van der Waals surface area contributed by atoms with Gasteiger partial charge in [-0.05, 0) is 48.9 Å². The zero-order valence-corrected chi connectivity index (χ0v) is 12.3. The van der Waals surface area contributed by atoms with Crippen LogP contribution in [0.5, 0.6) is 0 Å². The predicted molar refractivity (Wildman–Crippen MR) is 80.6 cm³/mol. The second-order valence-corrected chi connectivity index (χ2v) is 5.38. The summed E-state index contributed by atoms with van der Waals surface area (Å²) in [6.45, 7) is 1.87. The average molecular weight is 315 g/mol. The van der Waals surface area contributed by atoms with Crippen LogP contribution in [0.1, 0.15) is 15.9 Å². The Labute approximate surface area is 126 Å². The predicted octanol–water partition coefficient (Wildman–Crippen LogP) is 5.21. The lowest BCUT2D eigenvalue weighted by Crippen LogP contribution is -2.12. The van der Waals surface area contributed by atoms with Crippen molar-refractivity contribution in [2.75, 3.05) is 5.32 Å². The molecule has 0 saturated heterocycles. The molecule has 0 bridgehead atoms. The molecule has 2 aromatic rings. The Morgan fingerprint density at radius 3 is 2.16 bits per heavy atom. The van der Waals surface area contributed by atoms with Crippen LogP contribution >= 0.6 is 34.8 Å². The summed E-state index contributed by atoms with van der Waals surface area (Å²) >= 11 is 17.6. The van der Waals surface area contributed by atoms with Crippen LogP contribution in [0.3, 0.4) is 0 Å². The van der Waals surface area contributed by atoms with Crippen LogP contribution < -0.4 is 5.32 Å². The molecule has 0 aliphatic heterocycles. The summed E-state index contributed by atoms with van der Waals surface area (Å²) in [7, 11) is 0. The minimum absolute atomic E-state index is 0.269. The summed E-state index contributed by atoms with van der Waals surface area (Å²) in [6, 6.07) is 9.95. The molecule has 0 aromatic heterocycles. The van der Waals surface area contributed by atoms with Crippen molar-refractivity contribution in [3.05, 3.63) is 62.6 Å². The van der Waals surface area contributed by atoms with Crippen molar-refractivity contribution in [2.24, 2.45) is 0 Å². The van der Waals surface area contributed by atoms with E-state index in [0.717, 1.165) is 5.56 Å². The Kier molecular flexibility index (Phi) is 4.35. The summed E-state index contributed by atoms with van der Waals surface area (Å²) < 4.78 is 0. The van der Waals surface area contributed by atoms with E-state index < -0.39 is 0 Å². The first-order valence-corrected chi connectivity index (χ1v) is 6.63. The Balaban J connectivity index is 2.25. The molecule has 0 atom stereocenters. The molecule has 2 aromatic carbocycles. The topological polar surface area (TPSA) is 29.1 Å². The first kappa shape index (κ1) is 14.2. The van der Waals surface area contributed by atoms with E-state index in [0.29, 0.717) is 26.3 Å². The van der Waals surface area contributed by atoms with Gasteiger partial charge in [-0.2, -0.15) is 0 Å². The third-order valence-electron chi connectivity index (χ3n) is 2.56. The van der Waals surface area contributed by atoms with Crippen molar-refractivity contribution in [3.63, 3.8) is 0 Å². The summed E-state index contributed by atoms with van der Waals surface area (Å²) in [5, 5.41) is 4.26. The molecule has 2 rings (SSSR count). The third kappa shape index (κ3) is 3.63. The van der Waals surface area contributed by atoms with Crippen LogP contribution in [0.4, 0.5) is 5.69 Å². The lowest BCUT2D eigenvalue weighted by molar-refractivity contribution is 0.102. The van der Waals surface area contributed by atoms with Crippen LogP contribution in [-0.4, -0.2) is 5.91 Å². The van der Waals surface area contributed by atoms with Crippen LogP contribution in [0, 0.1) is 6.92 Å². The molecule has 0 unspecified atom stereocenters. The van der Waals surface area contributed by atoms with Gasteiger partial charge in [-0.1, -0.05) is 34.8 Å². The molecule has 0 radical (unpaired) electrons. The zero-order chi connectivity index (χ0) is 14.0. The molecule has 19 heavy (non-hydrogen) atoms. The van der Waals surface area contributed by atoms with Gasteiger partial charge in [0.2, 0.25) is 0 Å². The Morgan fingerprint density at radius 2 is 1.58 bits per heavy atom. The third-order valence-corrected chi connectivity index (χ3v) is 3.23. The molecule has 5 heteroatoms. The van der Waals surface area contributed by atoms with Gasteiger partial charge in [0.1, 0.15) is 0 Å². The number of carbonyl (C=O) groups excluding carboxylic acids is 1. The number of carbonyl (C=O) groups is 1. The van der Waals surface area contributed by atoms with E-state index in [1.807, 2.05) is 6.92 Å². The molecule has 98 valence electrons. The number of aryl methyl sites for hydroxylation is 1.